The van der Waals surface area contributed by atoms with Crippen molar-refractivity contribution in [3.8, 4) is 0 Å². The number of nitrogens with one attached hydrogen (secondary N) is 2. The zero-order valence-corrected chi connectivity index (χ0v) is 12.9. The number of rotatable bonds is 7. The zero-order chi connectivity index (χ0) is 15.9. The second-order valence-corrected chi connectivity index (χ2v) is 6.39. The van der Waals surface area contributed by atoms with Crippen molar-refractivity contribution in [1.29, 1.82) is 0 Å². The number of carboxylic acids is 1. The van der Waals surface area contributed by atoms with Crippen LogP contribution in [0.1, 0.15) is 47.5 Å². The molecule has 0 bridgehead atoms. The van der Waals surface area contributed by atoms with Crippen molar-refractivity contribution >= 4 is 17.9 Å². The highest BCUT2D eigenvalue weighted by atomic mass is 16.4. The molecular formula is C14H26N2O4. The molecule has 6 heteroatoms. The van der Waals surface area contributed by atoms with Gasteiger partial charge < -0.3 is 10.4 Å². The van der Waals surface area contributed by atoms with E-state index in [1.165, 1.54) is 0 Å². The lowest BCUT2D eigenvalue weighted by atomic mass is 9.85. The molecule has 3 amide bonds. The standard InChI is InChI=1S/C14H26N2O4/c1-9(2)10(3)8-15-13(20)16-11(17)6-14(4,5)7-12(18)19/h9-10H,6-8H2,1-5H3,(H,18,19)(H2,15,16,17,20). The van der Waals surface area contributed by atoms with Crippen LogP contribution in [0.3, 0.4) is 0 Å². The first-order valence-electron chi connectivity index (χ1n) is 6.83. The molecule has 0 aliphatic heterocycles. The van der Waals surface area contributed by atoms with E-state index in [4.69, 9.17) is 5.11 Å². The summed E-state index contributed by atoms with van der Waals surface area (Å²) < 4.78 is 0. The molecule has 20 heavy (non-hydrogen) atoms. The summed E-state index contributed by atoms with van der Waals surface area (Å²) in [4.78, 5) is 33.8. The summed E-state index contributed by atoms with van der Waals surface area (Å²) in [6, 6.07) is -0.534. The third-order valence-electron chi connectivity index (χ3n) is 3.24. The van der Waals surface area contributed by atoms with E-state index in [1.54, 1.807) is 13.8 Å². The summed E-state index contributed by atoms with van der Waals surface area (Å²) in [5.74, 6) is -0.663. The minimum atomic E-state index is -0.960. The number of imide groups is 1. The zero-order valence-electron chi connectivity index (χ0n) is 12.9. The van der Waals surface area contributed by atoms with Gasteiger partial charge in [0, 0.05) is 13.0 Å². The van der Waals surface area contributed by atoms with E-state index in [9.17, 15) is 14.4 Å². The average Bonchev–Trinajstić information content (AvgIpc) is 2.22. The maximum absolute atomic E-state index is 11.7. The van der Waals surface area contributed by atoms with E-state index in [0.29, 0.717) is 18.4 Å². The van der Waals surface area contributed by atoms with E-state index in [-0.39, 0.29) is 12.8 Å². The Hall–Kier alpha value is -1.59. The maximum atomic E-state index is 11.7. The van der Waals surface area contributed by atoms with Crippen molar-refractivity contribution < 1.29 is 19.5 Å². The predicted octanol–water partition coefficient (Wildman–Crippen LogP) is 2.00. The largest absolute Gasteiger partial charge is 0.481 e. The van der Waals surface area contributed by atoms with Crippen molar-refractivity contribution in [2.75, 3.05) is 6.54 Å². The Morgan fingerprint density at radius 2 is 1.65 bits per heavy atom. The van der Waals surface area contributed by atoms with E-state index < -0.39 is 23.3 Å². The Morgan fingerprint density at radius 3 is 2.10 bits per heavy atom. The van der Waals surface area contributed by atoms with Gasteiger partial charge in [0.1, 0.15) is 0 Å². The van der Waals surface area contributed by atoms with Gasteiger partial charge in [-0.1, -0.05) is 34.6 Å². The first-order chi connectivity index (χ1) is 9.03. The van der Waals surface area contributed by atoms with Gasteiger partial charge in [-0.2, -0.15) is 0 Å². The average molecular weight is 286 g/mol. The molecular weight excluding hydrogens is 260 g/mol. The Kier molecular flexibility index (Phi) is 7.24. The van der Waals surface area contributed by atoms with Crippen LogP contribution >= 0.6 is 0 Å². The smallest absolute Gasteiger partial charge is 0.321 e. The summed E-state index contributed by atoms with van der Waals surface area (Å²) in [6.45, 7) is 9.99. The molecule has 0 aromatic heterocycles. The van der Waals surface area contributed by atoms with Gasteiger partial charge in [-0.15, -0.1) is 0 Å². The third kappa shape index (κ3) is 8.50. The highest BCUT2D eigenvalue weighted by molar-refractivity contribution is 5.94. The lowest BCUT2D eigenvalue weighted by Gasteiger charge is -2.21. The van der Waals surface area contributed by atoms with Gasteiger partial charge in [0.15, 0.2) is 0 Å². The van der Waals surface area contributed by atoms with Gasteiger partial charge in [0.2, 0.25) is 5.91 Å². The van der Waals surface area contributed by atoms with Gasteiger partial charge >= 0.3 is 12.0 Å². The quantitative estimate of drug-likeness (QED) is 0.667. The molecule has 0 aromatic rings. The molecule has 0 saturated heterocycles. The van der Waals surface area contributed by atoms with Crippen LogP contribution in [0.5, 0.6) is 0 Å². The molecule has 3 N–H and O–H groups in total. The third-order valence-corrected chi connectivity index (χ3v) is 3.24. The first kappa shape index (κ1) is 18.4. The molecule has 0 aliphatic rings. The first-order valence-corrected chi connectivity index (χ1v) is 6.83. The molecule has 0 rings (SSSR count). The van der Waals surface area contributed by atoms with Crippen molar-refractivity contribution in [2.24, 2.45) is 17.3 Å². The molecule has 1 atom stereocenters. The Bertz CT molecular complexity index is 364. The number of carbonyl (C=O) groups excluding carboxylic acids is 2. The molecule has 1 unspecified atom stereocenters. The van der Waals surface area contributed by atoms with Gasteiger partial charge in [0.25, 0.3) is 0 Å². The van der Waals surface area contributed by atoms with Crippen molar-refractivity contribution in [3.05, 3.63) is 0 Å². The van der Waals surface area contributed by atoms with Crippen LogP contribution in [0.2, 0.25) is 0 Å². The lowest BCUT2D eigenvalue weighted by molar-refractivity contribution is -0.139. The molecule has 0 radical (unpaired) electrons. The number of hydrogen-bond acceptors (Lipinski definition) is 3. The summed E-state index contributed by atoms with van der Waals surface area (Å²) in [7, 11) is 0. The monoisotopic (exact) mass is 286 g/mol. The Balaban J connectivity index is 4.14. The Labute approximate surface area is 120 Å². The molecule has 0 heterocycles. The van der Waals surface area contributed by atoms with Crippen LogP contribution in [0, 0.1) is 17.3 Å². The summed E-state index contributed by atoms with van der Waals surface area (Å²) >= 11 is 0. The van der Waals surface area contributed by atoms with Gasteiger partial charge in [-0.05, 0) is 17.3 Å². The second kappa shape index (κ2) is 7.87. The van der Waals surface area contributed by atoms with Crippen LogP contribution in [-0.2, 0) is 9.59 Å². The summed E-state index contributed by atoms with van der Waals surface area (Å²) in [5.41, 5.74) is -0.679. The molecule has 0 fully saturated rings. The number of carbonyl (C=O) groups is 3. The molecule has 6 nitrogen and oxygen atoms in total. The maximum Gasteiger partial charge on any atom is 0.321 e. The number of amides is 3. The Morgan fingerprint density at radius 1 is 1.10 bits per heavy atom. The van der Waals surface area contributed by atoms with Gasteiger partial charge in [-0.25, -0.2) is 4.79 Å². The number of urea groups is 1. The van der Waals surface area contributed by atoms with Gasteiger partial charge in [0.05, 0.1) is 6.42 Å². The van der Waals surface area contributed by atoms with Crippen molar-refractivity contribution in [3.63, 3.8) is 0 Å². The van der Waals surface area contributed by atoms with Crippen LogP contribution in [0.25, 0.3) is 0 Å². The molecule has 0 aromatic carbocycles. The number of carboxylic acid groups (broad SMARTS) is 1. The van der Waals surface area contributed by atoms with Gasteiger partial charge in [-0.3, -0.25) is 14.9 Å². The lowest BCUT2D eigenvalue weighted by Crippen LogP contribution is -2.43. The SMILES string of the molecule is CC(C)C(C)CNC(=O)NC(=O)CC(C)(C)CC(=O)O. The fraction of sp³-hybridized carbons (Fsp3) is 0.786. The molecule has 0 aliphatic carbocycles. The van der Waals surface area contributed by atoms with Crippen molar-refractivity contribution in [1.82, 2.24) is 10.6 Å². The topological polar surface area (TPSA) is 95.5 Å². The molecule has 116 valence electrons. The minimum absolute atomic E-state index is 0.00749. The van der Waals surface area contributed by atoms with E-state index in [0.717, 1.165) is 0 Å². The van der Waals surface area contributed by atoms with Crippen molar-refractivity contribution in [2.45, 2.75) is 47.5 Å². The van der Waals surface area contributed by atoms with E-state index in [2.05, 4.69) is 24.5 Å². The second-order valence-electron chi connectivity index (χ2n) is 6.39. The summed E-state index contributed by atoms with van der Waals surface area (Å²) in [5, 5.41) is 13.6. The molecule has 0 saturated carbocycles. The van der Waals surface area contributed by atoms with Crippen LogP contribution in [0.15, 0.2) is 0 Å². The number of aliphatic carboxylic acids is 1. The number of hydrogen-bond donors (Lipinski definition) is 3. The fourth-order valence-electron chi connectivity index (χ4n) is 1.61. The normalized spacial score (nSPS) is 12.9. The minimum Gasteiger partial charge on any atom is -0.481 e. The van der Waals surface area contributed by atoms with Crippen LogP contribution < -0.4 is 10.6 Å². The molecule has 0 spiro atoms. The van der Waals surface area contributed by atoms with E-state index >= 15 is 0 Å². The summed E-state index contributed by atoms with van der Waals surface area (Å²) in [6.07, 6.45) is -0.126. The van der Waals surface area contributed by atoms with Crippen LogP contribution in [0.4, 0.5) is 4.79 Å². The predicted molar refractivity (Wildman–Crippen MR) is 76.2 cm³/mol. The fourth-order valence-corrected chi connectivity index (χ4v) is 1.61. The highest BCUT2D eigenvalue weighted by Crippen LogP contribution is 2.24. The highest BCUT2D eigenvalue weighted by Gasteiger charge is 2.26. The van der Waals surface area contributed by atoms with Crippen LogP contribution in [-0.4, -0.2) is 29.6 Å². The van der Waals surface area contributed by atoms with E-state index in [1.807, 2.05) is 6.92 Å².